The second-order valence-electron chi connectivity index (χ2n) is 9.59. The summed E-state index contributed by atoms with van der Waals surface area (Å²) >= 11 is 0. The van der Waals surface area contributed by atoms with Gasteiger partial charge in [-0.1, -0.05) is 24.3 Å². The number of nitrogen functional groups attached to an aromatic ring is 1. The van der Waals surface area contributed by atoms with Crippen molar-refractivity contribution in [3.63, 3.8) is 0 Å². The zero-order valence-electron chi connectivity index (χ0n) is 20.4. The highest BCUT2D eigenvalue weighted by molar-refractivity contribution is 6.04. The van der Waals surface area contributed by atoms with E-state index in [0.717, 1.165) is 67.2 Å². The first-order chi connectivity index (χ1) is 17.6. The predicted octanol–water partition coefficient (Wildman–Crippen LogP) is 2.82. The van der Waals surface area contributed by atoms with E-state index in [1.54, 1.807) is 6.20 Å². The summed E-state index contributed by atoms with van der Waals surface area (Å²) < 4.78 is 2.25. The molecule has 36 heavy (non-hydrogen) atoms. The first-order valence-electron chi connectivity index (χ1n) is 12.5. The number of aromatic nitrogens is 3. The van der Waals surface area contributed by atoms with E-state index in [1.807, 2.05) is 6.07 Å². The smallest absolute Gasteiger partial charge is 0.248 e. The van der Waals surface area contributed by atoms with Crippen LogP contribution in [0.5, 0.6) is 0 Å². The average Bonchev–Trinajstić information content (AvgIpc) is 3.29. The van der Waals surface area contributed by atoms with Gasteiger partial charge in [-0.25, -0.2) is 15.9 Å². The summed E-state index contributed by atoms with van der Waals surface area (Å²) in [6, 6.07) is 15.2. The Morgan fingerprint density at radius 2 is 1.81 bits per heavy atom. The number of piperidine rings is 1. The van der Waals surface area contributed by atoms with Crippen LogP contribution in [0.2, 0.25) is 0 Å². The maximum atomic E-state index is 11.4. The zero-order chi connectivity index (χ0) is 24.9. The van der Waals surface area contributed by atoms with Gasteiger partial charge in [0.1, 0.15) is 6.61 Å². The van der Waals surface area contributed by atoms with Gasteiger partial charge in [0.2, 0.25) is 11.9 Å². The summed E-state index contributed by atoms with van der Waals surface area (Å²) in [5, 5.41) is 4.94. The highest BCUT2D eigenvalue weighted by atomic mass is 16.6. The third kappa shape index (κ3) is 5.64. The maximum Gasteiger partial charge on any atom is 0.248 e. The largest absolute Gasteiger partial charge is 0.368 e. The molecule has 9 heteroatoms. The number of carbonyl (C=O) groups excluding carboxylic acids is 1. The second-order valence-corrected chi connectivity index (χ2v) is 9.59. The van der Waals surface area contributed by atoms with Gasteiger partial charge in [0.05, 0.1) is 11.0 Å². The topological polar surface area (TPSA) is 124 Å². The number of nitrogens with zero attached hydrogens (tertiary/aromatic N) is 4. The van der Waals surface area contributed by atoms with E-state index in [4.69, 9.17) is 11.6 Å². The molecule has 5 rings (SSSR count). The molecule has 1 fully saturated rings. The highest BCUT2D eigenvalue weighted by Gasteiger charge is 2.19. The number of likely N-dealkylation sites (tertiary alicyclic amines) is 1. The number of fused-ring (bicyclic) bond motifs is 3. The monoisotopic (exact) mass is 487 g/mol. The molecule has 1 aliphatic rings. The average molecular weight is 488 g/mol. The summed E-state index contributed by atoms with van der Waals surface area (Å²) in [6.45, 7) is 4.55. The van der Waals surface area contributed by atoms with Crippen molar-refractivity contribution in [2.45, 2.75) is 32.4 Å². The fourth-order valence-electron chi connectivity index (χ4n) is 5.10. The minimum atomic E-state index is -0.156. The van der Waals surface area contributed by atoms with Crippen molar-refractivity contribution in [1.29, 1.82) is 0 Å². The summed E-state index contributed by atoms with van der Waals surface area (Å²) in [5.74, 6) is 5.72. The van der Waals surface area contributed by atoms with Crippen molar-refractivity contribution < 1.29 is 9.63 Å². The fourth-order valence-corrected chi connectivity index (χ4v) is 5.10. The molecule has 0 aliphatic carbocycles. The van der Waals surface area contributed by atoms with Crippen LogP contribution in [0.3, 0.4) is 0 Å². The number of anilines is 1. The lowest BCUT2D eigenvalue weighted by atomic mass is 9.93. The van der Waals surface area contributed by atoms with Gasteiger partial charge in [-0.2, -0.15) is 0 Å². The van der Waals surface area contributed by atoms with Crippen molar-refractivity contribution in [2.75, 3.05) is 32.0 Å². The van der Waals surface area contributed by atoms with Gasteiger partial charge in [-0.05, 0) is 67.6 Å². The molecule has 3 heterocycles. The molecule has 9 nitrogen and oxygen atoms in total. The fraction of sp³-hybridized carbons (Fsp3) is 0.370. The van der Waals surface area contributed by atoms with Gasteiger partial charge in [0, 0.05) is 42.8 Å². The Bertz CT molecular complexity index is 1330. The maximum absolute atomic E-state index is 11.4. The van der Waals surface area contributed by atoms with Crippen LogP contribution in [0.1, 0.15) is 30.4 Å². The van der Waals surface area contributed by atoms with E-state index < -0.39 is 0 Å². The summed E-state index contributed by atoms with van der Waals surface area (Å²) in [7, 11) is 0. The first-order valence-corrected chi connectivity index (χ1v) is 12.5. The molecule has 2 aromatic heterocycles. The van der Waals surface area contributed by atoms with E-state index in [2.05, 4.69) is 72.2 Å². The van der Waals surface area contributed by atoms with Crippen molar-refractivity contribution in [3.05, 3.63) is 66.0 Å². The molecular weight excluding hydrogens is 454 g/mol. The third-order valence-electron chi connectivity index (χ3n) is 7.10. The lowest BCUT2D eigenvalue weighted by Gasteiger charge is -2.32. The summed E-state index contributed by atoms with van der Waals surface area (Å²) in [6.07, 6.45) is 7.21. The number of hydrogen-bond acceptors (Lipinski definition) is 7. The van der Waals surface area contributed by atoms with Crippen LogP contribution in [0.4, 0.5) is 5.95 Å². The van der Waals surface area contributed by atoms with E-state index in [0.29, 0.717) is 18.4 Å². The van der Waals surface area contributed by atoms with Gasteiger partial charge in [-0.15, -0.1) is 0 Å². The number of nitrogens with one attached hydrogen (secondary N) is 1. The van der Waals surface area contributed by atoms with Crippen LogP contribution in [0, 0.1) is 5.92 Å². The number of carbonyl (C=O) groups is 1. The van der Waals surface area contributed by atoms with Crippen molar-refractivity contribution in [1.82, 2.24) is 24.8 Å². The standard InChI is InChI=1S/C27H33N7O2/c28-27-31-15-22-5-6-24-23(26(22)32-27)10-14-34(24)17-21-3-1-20(2-4-21)16-33-12-8-19(9-13-33)7-11-30-25(35)18-36-29/h1-6,10,14-15,19H,7-9,11-13,16-18,29H2,(H,30,35)(H2,28,31,32). The summed E-state index contributed by atoms with van der Waals surface area (Å²) in [4.78, 5) is 26.9. The molecule has 0 spiro atoms. The van der Waals surface area contributed by atoms with E-state index in [9.17, 15) is 4.79 Å². The van der Waals surface area contributed by atoms with Gasteiger partial charge >= 0.3 is 0 Å². The van der Waals surface area contributed by atoms with E-state index in [1.165, 1.54) is 11.1 Å². The zero-order valence-corrected chi connectivity index (χ0v) is 20.4. The Balaban J connectivity index is 1.13. The lowest BCUT2D eigenvalue weighted by molar-refractivity contribution is -0.125. The molecule has 1 aliphatic heterocycles. The van der Waals surface area contributed by atoms with Crippen molar-refractivity contribution in [3.8, 4) is 0 Å². The minimum Gasteiger partial charge on any atom is -0.368 e. The van der Waals surface area contributed by atoms with Gasteiger partial charge in [-0.3, -0.25) is 14.5 Å². The molecule has 5 N–H and O–H groups in total. The van der Waals surface area contributed by atoms with Gasteiger partial charge in [0.25, 0.3) is 0 Å². The third-order valence-corrected chi connectivity index (χ3v) is 7.10. The van der Waals surface area contributed by atoms with Gasteiger partial charge in [0.15, 0.2) is 0 Å². The molecule has 0 saturated carbocycles. The van der Waals surface area contributed by atoms with Crippen LogP contribution >= 0.6 is 0 Å². The second kappa shape index (κ2) is 11.0. The molecule has 0 atom stereocenters. The van der Waals surface area contributed by atoms with Crippen LogP contribution in [0.15, 0.2) is 54.9 Å². The number of rotatable bonds is 9. The van der Waals surface area contributed by atoms with Crippen LogP contribution in [0.25, 0.3) is 21.8 Å². The molecule has 188 valence electrons. The predicted molar refractivity (Wildman–Crippen MR) is 141 cm³/mol. The quantitative estimate of drug-likeness (QED) is 0.310. The lowest BCUT2D eigenvalue weighted by Crippen LogP contribution is -2.35. The Morgan fingerprint density at radius 3 is 2.56 bits per heavy atom. The Hall–Kier alpha value is -3.53. The molecule has 0 bridgehead atoms. The van der Waals surface area contributed by atoms with Crippen LogP contribution in [-0.2, 0) is 22.7 Å². The normalized spacial score (nSPS) is 15.0. The van der Waals surface area contributed by atoms with E-state index in [-0.39, 0.29) is 12.5 Å². The highest BCUT2D eigenvalue weighted by Crippen LogP contribution is 2.26. The molecule has 0 radical (unpaired) electrons. The molecule has 1 amide bonds. The van der Waals surface area contributed by atoms with Crippen molar-refractivity contribution >= 4 is 33.7 Å². The van der Waals surface area contributed by atoms with E-state index >= 15 is 0 Å². The number of benzene rings is 2. The van der Waals surface area contributed by atoms with Crippen LogP contribution < -0.4 is 16.9 Å². The molecule has 0 unspecified atom stereocenters. The molecule has 1 saturated heterocycles. The molecular formula is C27H33N7O2. The number of nitrogens with two attached hydrogens (primary N) is 2. The minimum absolute atomic E-state index is 0.0819. The molecule has 4 aromatic rings. The summed E-state index contributed by atoms with van der Waals surface area (Å²) in [5.41, 5.74) is 10.4. The Labute approximate surface area is 210 Å². The Kier molecular flexibility index (Phi) is 7.41. The number of hydrogen-bond donors (Lipinski definition) is 3. The van der Waals surface area contributed by atoms with Crippen LogP contribution in [-0.4, -0.2) is 51.6 Å². The number of amides is 1. The van der Waals surface area contributed by atoms with Gasteiger partial charge < -0.3 is 15.6 Å². The van der Waals surface area contributed by atoms with Crippen molar-refractivity contribution in [2.24, 2.45) is 11.8 Å². The Morgan fingerprint density at radius 1 is 1.06 bits per heavy atom. The first kappa shape index (κ1) is 24.2. The SMILES string of the molecule is NOCC(=O)NCCC1CCN(Cc2ccc(Cn3ccc4c5nc(N)ncc5ccc43)cc2)CC1. The molecule has 2 aromatic carbocycles.